The minimum atomic E-state index is 0. The molecule has 0 N–H and O–H groups in total. The molecule has 0 aliphatic heterocycles. The Balaban J connectivity index is 0.000000810. The molecular weight excluding hydrogens is 340 g/mol. The van der Waals surface area contributed by atoms with Gasteiger partial charge in [-0.3, -0.25) is 0 Å². The van der Waals surface area contributed by atoms with Crippen LogP contribution in [0, 0.1) is 0 Å². The Kier molecular flexibility index (Phi) is 7.12. The zero-order valence-electron chi connectivity index (χ0n) is 6.09. The van der Waals surface area contributed by atoms with Crippen LogP contribution in [0.3, 0.4) is 0 Å². The van der Waals surface area contributed by atoms with Crippen LogP contribution in [-0.2, 0) is 6.42 Å². The van der Waals surface area contributed by atoms with Crippen LogP contribution < -0.4 is 0 Å². The zero-order chi connectivity index (χ0) is 6.53. The first-order valence-corrected chi connectivity index (χ1v) is 5.50. The predicted octanol–water partition coefficient (Wildman–Crippen LogP) is 0.0966. The van der Waals surface area contributed by atoms with Gasteiger partial charge in [-0.2, -0.15) is 0 Å². The molecule has 0 bridgehead atoms. The molecule has 0 aliphatic rings. The molecule has 1 rings (SSSR count). The molecule has 0 saturated heterocycles. The molecule has 0 atom stereocenters. The summed E-state index contributed by atoms with van der Waals surface area (Å²) in [6.45, 7) is 0. The van der Waals surface area contributed by atoms with Crippen LogP contribution >= 0.6 is 0 Å². The Hall–Kier alpha value is 0.856. The van der Waals surface area contributed by atoms with Crippen molar-refractivity contribution in [2.24, 2.45) is 0 Å². The molecule has 0 aliphatic carbocycles. The molecule has 2 heteroatoms. The fourth-order valence-electron chi connectivity index (χ4n) is 0.811. The van der Waals surface area contributed by atoms with Crippen LogP contribution in [0.2, 0.25) is 4.37 Å². The second kappa shape index (κ2) is 6.56. The quantitative estimate of drug-likeness (QED) is 0.662. The van der Waals surface area contributed by atoms with Crippen LogP contribution in [0.25, 0.3) is 0 Å². The molecule has 56 valence electrons. The second-order valence-electron chi connectivity index (χ2n) is 2.02. The molecule has 0 heterocycles. The van der Waals surface area contributed by atoms with Gasteiger partial charge in [0.1, 0.15) is 0 Å². The van der Waals surface area contributed by atoms with Crippen molar-refractivity contribution in [3.05, 3.63) is 35.9 Å². The molecule has 0 aromatic heterocycles. The van der Waals surface area contributed by atoms with Gasteiger partial charge in [-0.15, -0.1) is 0 Å². The summed E-state index contributed by atoms with van der Waals surface area (Å²) in [4.78, 5) is 0. The molecule has 1 aromatic rings. The van der Waals surface area contributed by atoms with Crippen LogP contribution in [0.15, 0.2) is 30.3 Å². The number of hydrogen-bond acceptors (Lipinski definition) is 0. The van der Waals surface area contributed by atoms with Gasteiger partial charge in [0.25, 0.3) is 0 Å². The van der Waals surface area contributed by atoms with Crippen LogP contribution in [0.4, 0.5) is 0 Å². The third-order valence-electron chi connectivity index (χ3n) is 1.28. The summed E-state index contributed by atoms with van der Waals surface area (Å²) in [6.07, 6.45) is 1.27. The molecular formula is C8H14Sb2. The van der Waals surface area contributed by atoms with E-state index in [9.17, 15) is 0 Å². The molecule has 0 fully saturated rings. The first-order chi connectivity index (χ1) is 4.43. The van der Waals surface area contributed by atoms with E-state index >= 15 is 0 Å². The predicted molar refractivity (Wildman–Crippen MR) is 53.4 cm³/mol. The second-order valence-corrected chi connectivity index (χ2v) is 3.67. The number of benzene rings is 1. The molecule has 0 radical (unpaired) electrons. The van der Waals surface area contributed by atoms with Gasteiger partial charge in [-0.1, -0.05) is 0 Å². The van der Waals surface area contributed by atoms with E-state index in [0.717, 1.165) is 0 Å². The Morgan fingerprint density at radius 3 is 2.20 bits per heavy atom. The molecule has 10 heavy (non-hydrogen) atoms. The monoisotopic (exact) mass is 352 g/mol. The van der Waals surface area contributed by atoms with Gasteiger partial charge >= 0.3 is 94.1 Å². The van der Waals surface area contributed by atoms with Crippen molar-refractivity contribution in [2.75, 3.05) is 0 Å². The Labute approximate surface area is 93.3 Å². The van der Waals surface area contributed by atoms with Crippen molar-refractivity contribution >= 4 is 47.4 Å². The van der Waals surface area contributed by atoms with Crippen molar-refractivity contribution in [3.8, 4) is 0 Å². The van der Waals surface area contributed by atoms with E-state index in [-0.39, 0.29) is 24.4 Å². The van der Waals surface area contributed by atoms with E-state index in [1.54, 1.807) is 0 Å². The Bertz CT molecular complexity index is 160. The molecule has 0 spiro atoms. The van der Waals surface area contributed by atoms with Gasteiger partial charge in [0, 0.05) is 0 Å². The van der Waals surface area contributed by atoms with E-state index in [4.69, 9.17) is 0 Å². The number of rotatable bonds is 2. The van der Waals surface area contributed by atoms with Gasteiger partial charge < -0.3 is 0 Å². The van der Waals surface area contributed by atoms with Gasteiger partial charge in [-0.05, 0) is 0 Å². The summed E-state index contributed by atoms with van der Waals surface area (Å²) in [5.41, 5.74) is 1.48. The van der Waals surface area contributed by atoms with Gasteiger partial charge in [0.15, 0.2) is 0 Å². The number of aryl methyl sites for hydroxylation is 1. The zero-order valence-corrected chi connectivity index (χ0v) is 13.4. The standard InChI is InChI=1S/C8H9.2Sb.5H/c1-2-8-6-4-3-5-7-8;;;;;;;/h3-7H,1-2H2;;;;;;;. The maximum absolute atomic E-state index is 2.19. The van der Waals surface area contributed by atoms with Gasteiger partial charge in [0.2, 0.25) is 0 Å². The summed E-state index contributed by atoms with van der Waals surface area (Å²) in [7, 11) is 0. The minimum absolute atomic E-state index is 0. The third kappa shape index (κ3) is 3.89. The van der Waals surface area contributed by atoms with Gasteiger partial charge in [0.05, 0.1) is 0 Å². The molecule has 0 unspecified atom stereocenters. The van der Waals surface area contributed by atoms with E-state index in [1.165, 1.54) is 39.4 Å². The van der Waals surface area contributed by atoms with E-state index in [1.807, 2.05) is 0 Å². The van der Waals surface area contributed by atoms with Crippen molar-refractivity contribution in [3.63, 3.8) is 0 Å². The number of hydrogen-bond donors (Lipinski definition) is 0. The van der Waals surface area contributed by atoms with E-state index in [0.29, 0.717) is 0 Å². The summed E-state index contributed by atoms with van der Waals surface area (Å²) < 4.78 is 1.37. The SMILES string of the molecule is [SbH2][CH2]Cc1ccccc1.[SbH3]. The molecule has 0 nitrogen and oxygen atoms in total. The summed E-state index contributed by atoms with van der Waals surface area (Å²) in [5, 5.41) is 0. The Morgan fingerprint density at radius 2 is 1.70 bits per heavy atom. The molecule has 0 amide bonds. The van der Waals surface area contributed by atoms with Crippen molar-refractivity contribution in [1.82, 2.24) is 0 Å². The van der Waals surface area contributed by atoms with Crippen molar-refractivity contribution in [1.29, 1.82) is 0 Å². The maximum atomic E-state index is 2.19. The average Bonchev–Trinajstić information content (AvgIpc) is 1.91. The molecule has 1 aromatic carbocycles. The topological polar surface area (TPSA) is 0 Å². The fourth-order valence-corrected chi connectivity index (χ4v) is 1.76. The molecule has 0 saturated carbocycles. The fraction of sp³-hybridized carbons (Fsp3) is 0.250. The Morgan fingerprint density at radius 1 is 1.10 bits per heavy atom. The average molecular weight is 354 g/mol. The van der Waals surface area contributed by atoms with Crippen LogP contribution in [0.5, 0.6) is 0 Å². The summed E-state index contributed by atoms with van der Waals surface area (Å²) in [5.74, 6) is 0. The van der Waals surface area contributed by atoms with Crippen molar-refractivity contribution in [2.45, 2.75) is 10.8 Å². The first kappa shape index (κ1) is 10.9. The summed E-state index contributed by atoms with van der Waals surface area (Å²) in [6, 6.07) is 10.7. The van der Waals surface area contributed by atoms with Crippen LogP contribution in [0.1, 0.15) is 5.56 Å². The third-order valence-corrected chi connectivity index (χ3v) is 2.10. The normalized spacial score (nSPS) is 8.50. The van der Waals surface area contributed by atoms with Gasteiger partial charge in [-0.25, -0.2) is 0 Å². The van der Waals surface area contributed by atoms with E-state index < -0.39 is 0 Å². The van der Waals surface area contributed by atoms with Crippen LogP contribution in [-0.4, -0.2) is 47.4 Å². The van der Waals surface area contributed by atoms with E-state index in [2.05, 4.69) is 30.3 Å². The summed E-state index contributed by atoms with van der Waals surface area (Å²) >= 11 is 1.38. The van der Waals surface area contributed by atoms with Crippen molar-refractivity contribution < 1.29 is 0 Å². The first-order valence-electron chi connectivity index (χ1n) is 3.17.